The first kappa shape index (κ1) is 16.8. The minimum atomic E-state index is -0.0366. The number of carbonyl (C=O) groups excluding carboxylic acids is 1. The normalized spacial score (nSPS) is 14.4. The van der Waals surface area contributed by atoms with Crippen LogP contribution < -0.4 is 0 Å². The molecule has 0 radical (unpaired) electrons. The van der Waals surface area contributed by atoms with E-state index in [2.05, 4.69) is 5.10 Å². The van der Waals surface area contributed by atoms with E-state index in [1.165, 1.54) is 0 Å². The highest BCUT2D eigenvalue weighted by molar-refractivity contribution is 6.30. The van der Waals surface area contributed by atoms with Crippen LogP contribution >= 0.6 is 11.6 Å². The molecule has 0 aliphatic carbocycles. The molecule has 26 heavy (non-hydrogen) atoms. The molecule has 0 atom stereocenters. The van der Waals surface area contributed by atoms with E-state index in [-0.39, 0.29) is 5.91 Å². The number of morpholine rings is 1. The second-order valence-electron chi connectivity index (χ2n) is 6.09. The highest BCUT2D eigenvalue weighted by Gasteiger charge is 2.25. The van der Waals surface area contributed by atoms with Crippen molar-refractivity contribution in [3.05, 3.63) is 71.4 Å². The quantitative estimate of drug-likeness (QED) is 0.709. The van der Waals surface area contributed by atoms with Crippen molar-refractivity contribution in [1.29, 1.82) is 0 Å². The summed E-state index contributed by atoms with van der Waals surface area (Å²) in [5, 5.41) is 5.30. The number of carbonyl (C=O) groups is 1. The van der Waals surface area contributed by atoms with Gasteiger partial charge < -0.3 is 9.64 Å². The standard InChI is InChI=1S/C20H18ClN3O2/c21-16-6-4-5-15(13-16)19-18(20(25)23-9-11-26-12-10-23)14-24(22-19)17-7-2-1-3-8-17/h1-8,13-14H,9-12H2. The molecular weight excluding hydrogens is 350 g/mol. The Labute approximate surface area is 156 Å². The van der Waals surface area contributed by atoms with Gasteiger partial charge in [0.25, 0.3) is 5.91 Å². The van der Waals surface area contributed by atoms with Crippen molar-refractivity contribution in [1.82, 2.24) is 14.7 Å². The van der Waals surface area contributed by atoms with Gasteiger partial charge in [-0.2, -0.15) is 5.10 Å². The number of halogens is 1. The number of para-hydroxylation sites is 1. The van der Waals surface area contributed by atoms with Crippen LogP contribution in [-0.4, -0.2) is 46.9 Å². The van der Waals surface area contributed by atoms with Crippen LogP contribution in [0.4, 0.5) is 0 Å². The molecule has 0 N–H and O–H groups in total. The van der Waals surface area contributed by atoms with E-state index in [0.29, 0.717) is 42.6 Å². The number of amides is 1. The van der Waals surface area contributed by atoms with E-state index in [9.17, 15) is 4.79 Å². The summed E-state index contributed by atoms with van der Waals surface area (Å²) in [4.78, 5) is 14.9. The summed E-state index contributed by atoms with van der Waals surface area (Å²) < 4.78 is 7.10. The molecule has 0 saturated carbocycles. The Morgan fingerprint density at radius 2 is 1.81 bits per heavy atom. The van der Waals surface area contributed by atoms with Gasteiger partial charge in [-0.3, -0.25) is 4.79 Å². The molecule has 132 valence electrons. The van der Waals surface area contributed by atoms with Gasteiger partial charge in [0.2, 0.25) is 0 Å². The SMILES string of the molecule is O=C(c1cn(-c2ccccc2)nc1-c1cccc(Cl)c1)N1CCOCC1. The molecule has 1 fully saturated rings. The highest BCUT2D eigenvalue weighted by Crippen LogP contribution is 2.27. The van der Waals surface area contributed by atoms with Gasteiger partial charge in [0, 0.05) is 29.9 Å². The first-order valence-electron chi connectivity index (χ1n) is 8.50. The lowest BCUT2D eigenvalue weighted by atomic mass is 10.1. The molecule has 0 spiro atoms. The van der Waals surface area contributed by atoms with Gasteiger partial charge >= 0.3 is 0 Å². The van der Waals surface area contributed by atoms with E-state index in [1.807, 2.05) is 59.5 Å². The summed E-state index contributed by atoms with van der Waals surface area (Å²) in [6.07, 6.45) is 1.80. The molecule has 6 heteroatoms. The Bertz CT molecular complexity index is 918. The zero-order chi connectivity index (χ0) is 17.9. The van der Waals surface area contributed by atoms with Crippen molar-refractivity contribution in [2.75, 3.05) is 26.3 Å². The number of benzene rings is 2. The van der Waals surface area contributed by atoms with Crippen molar-refractivity contribution < 1.29 is 9.53 Å². The van der Waals surface area contributed by atoms with Crippen molar-refractivity contribution >= 4 is 17.5 Å². The molecule has 0 bridgehead atoms. The Hall–Kier alpha value is -2.63. The third kappa shape index (κ3) is 3.36. The first-order valence-corrected chi connectivity index (χ1v) is 8.88. The van der Waals surface area contributed by atoms with E-state index < -0.39 is 0 Å². The lowest BCUT2D eigenvalue weighted by Gasteiger charge is -2.26. The van der Waals surface area contributed by atoms with E-state index in [1.54, 1.807) is 10.9 Å². The molecule has 1 aromatic heterocycles. The molecule has 0 unspecified atom stereocenters. The number of hydrogen-bond donors (Lipinski definition) is 0. The highest BCUT2D eigenvalue weighted by atomic mass is 35.5. The minimum absolute atomic E-state index is 0.0366. The summed E-state index contributed by atoms with van der Waals surface area (Å²) in [7, 11) is 0. The lowest BCUT2D eigenvalue weighted by molar-refractivity contribution is 0.0303. The predicted molar refractivity (Wildman–Crippen MR) is 101 cm³/mol. The maximum atomic E-state index is 13.1. The van der Waals surface area contributed by atoms with Gasteiger partial charge in [-0.05, 0) is 24.3 Å². The Morgan fingerprint density at radius 3 is 2.54 bits per heavy atom. The van der Waals surface area contributed by atoms with Gasteiger partial charge in [0.05, 0.1) is 24.5 Å². The minimum Gasteiger partial charge on any atom is -0.378 e. The average Bonchev–Trinajstić information content (AvgIpc) is 3.14. The second kappa shape index (κ2) is 7.32. The van der Waals surface area contributed by atoms with Crippen LogP contribution in [0, 0.1) is 0 Å². The summed E-state index contributed by atoms with van der Waals surface area (Å²) in [6.45, 7) is 2.30. The molecule has 1 amide bonds. The average molecular weight is 368 g/mol. The Kier molecular flexibility index (Phi) is 4.73. The van der Waals surface area contributed by atoms with E-state index in [4.69, 9.17) is 16.3 Å². The zero-order valence-corrected chi connectivity index (χ0v) is 14.9. The molecule has 1 aliphatic rings. The fourth-order valence-electron chi connectivity index (χ4n) is 3.03. The topological polar surface area (TPSA) is 47.4 Å². The fraction of sp³-hybridized carbons (Fsp3) is 0.200. The predicted octanol–water partition coefficient (Wildman–Crippen LogP) is 3.67. The number of ether oxygens (including phenoxy) is 1. The lowest BCUT2D eigenvalue weighted by Crippen LogP contribution is -2.40. The van der Waals surface area contributed by atoms with Crippen molar-refractivity contribution in [3.63, 3.8) is 0 Å². The van der Waals surface area contributed by atoms with Crippen LogP contribution in [0.1, 0.15) is 10.4 Å². The third-order valence-corrected chi connectivity index (χ3v) is 4.60. The molecule has 4 rings (SSSR count). The largest absolute Gasteiger partial charge is 0.378 e. The molecule has 2 heterocycles. The maximum Gasteiger partial charge on any atom is 0.257 e. The molecule has 1 saturated heterocycles. The second-order valence-corrected chi connectivity index (χ2v) is 6.52. The molecule has 2 aromatic carbocycles. The molecule has 5 nitrogen and oxygen atoms in total. The molecule has 3 aromatic rings. The Morgan fingerprint density at radius 1 is 1.04 bits per heavy atom. The van der Waals surface area contributed by atoms with Gasteiger partial charge in [-0.1, -0.05) is 41.9 Å². The summed E-state index contributed by atoms with van der Waals surface area (Å²) >= 11 is 6.15. The van der Waals surface area contributed by atoms with Crippen LogP contribution in [0.25, 0.3) is 16.9 Å². The summed E-state index contributed by atoms with van der Waals surface area (Å²) in [6, 6.07) is 17.2. The number of nitrogens with zero attached hydrogens (tertiary/aromatic N) is 3. The number of rotatable bonds is 3. The van der Waals surface area contributed by atoms with Crippen LogP contribution in [0.15, 0.2) is 60.8 Å². The number of aromatic nitrogens is 2. The van der Waals surface area contributed by atoms with Gasteiger partial charge in [-0.15, -0.1) is 0 Å². The van der Waals surface area contributed by atoms with E-state index in [0.717, 1.165) is 11.3 Å². The van der Waals surface area contributed by atoms with E-state index >= 15 is 0 Å². The molecular formula is C20H18ClN3O2. The monoisotopic (exact) mass is 367 g/mol. The fourth-order valence-corrected chi connectivity index (χ4v) is 3.22. The van der Waals surface area contributed by atoms with Crippen molar-refractivity contribution in [2.24, 2.45) is 0 Å². The summed E-state index contributed by atoms with van der Waals surface area (Å²) in [5.74, 6) is -0.0366. The third-order valence-electron chi connectivity index (χ3n) is 4.36. The van der Waals surface area contributed by atoms with Crippen LogP contribution in [-0.2, 0) is 4.74 Å². The van der Waals surface area contributed by atoms with Crippen molar-refractivity contribution in [3.8, 4) is 16.9 Å². The van der Waals surface area contributed by atoms with Gasteiger partial charge in [0.1, 0.15) is 5.69 Å². The maximum absolute atomic E-state index is 13.1. The van der Waals surface area contributed by atoms with Gasteiger partial charge in [-0.25, -0.2) is 4.68 Å². The Balaban J connectivity index is 1.80. The van der Waals surface area contributed by atoms with Crippen molar-refractivity contribution in [2.45, 2.75) is 0 Å². The van der Waals surface area contributed by atoms with Crippen LogP contribution in [0.3, 0.4) is 0 Å². The molecule has 1 aliphatic heterocycles. The summed E-state index contributed by atoms with van der Waals surface area (Å²) in [5.41, 5.74) is 2.92. The first-order chi connectivity index (χ1) is 12.7. The zero-order valence-electron chi connectivity index (χ0n) is 14.1. The van der Waals surface area contributed by atoms with Gasteiger partial charge in [0.15, 0.2) is 0 Å². The number of hydrogen-bond acceptors (Lipinski definition) is 3. The smallest absolute Gasteiger partial charge is 0.257 e. The van der Waals surface area contributed by atoms with Crippen LogP contribution in [0.5, 0.6) is 0 Å². The van der Waals surface area contributed by atoms with Crippen LogP contribution in [0.2, 0.25) is 5.02 Å².